The molecule has 26 heavy (non-hydrogen) atoms. The van der Waals surface area contributed by atoms with Gasteiger partial charge in [0.25, 0.3) is 0 Å². The first-order chi connectivity index (χ1) is 12.6. The normalized spacial score (nSPS) is 10.6. The van der Waals surface area contributed by atoms with E-state index in [-0.39, 0.29) is 5.91 Å². The quantitative estimate of drug-likeness (QED) is 0.685. The molecule has 0 radical (unpaired) electrons. The van der Waals surface area contributed by atoms with Crippen LogP contribution in [-0.2, 0) is 17.8 Å². The highest BCUT2D eigenvalue weighted by atomic mass is 32.1. The third kappa shape index (κ3) is 4.20. The summed E-state index contributed by atoms with van der Waals surface area (Å²) in [5.41, 5.74) is 0.982. The molecule has 3 aromatic rings. The molecule has 2 aromatic heterocycles. The predicted octanol–water partition coefficient (Wildman–Crippen LogP) is 3.04. The number of rotatable bonds is 7. The van der Waals surface area contributed by atoms with Gasteiger partial charge in [-0.05, 0) is 29.8 Å². The number of amides is 1. The lowest BCUT2D eigenvalue weighted by atomic mass is 10.1. The van der Waals surface area contributed by atoms with Crippen LogP contribution in [0, 0.1) is 0 Å². The van der Waals surface area contributed by atoms with Crippen molar-refractivity contribution < 1.29 is 18.8 Å². The van der Waals surface area contributed by atoms with E-state index < -0.39 is 0 Å². The number of ether oxygens (including phenoxy) is 2. The number of methoxy groups -OCH3 is 2. The monoisotopic (exact) mass is 373 g/mol. The minimum absolute atomic E-state index is 0.0586. The minimum atomic E-state index is -0.0586. The molecule has 0 aliphatic heterocycles. The Balaban J connectivity index is 1.71. The third-order valence-electron chi connectivity index (χ3n) is 3.66. The molecule has 3 rings (SSSR count). The van der Waals surface area contributed by atoms with Crippen LogP contribution >= 0.6 is 11.3 Å². The molecule has 0 saturated heterocycles. The van der Waals surface area contributed by atoms with Crippen molar-refractivity contribution >= 4 is 17.2 Å². The highest BCUT2D eigenvalue weighted by Crippen LogP contribution is 2.29. The van der Waals surface area contributed by atoms with Gasteiger partial charge in [-0.1, -0.05) is 11.2 Å². The molecular formula is C18H19N3O4S. The van der Waals surface area contributed by atoms with Crippen LogP contribution in [0.5, 0.6) is 11.5 Å². The number of carbonyl (C=O) groups is 1. The van der Waals surface area contributed by atoms with Crippen molar-refractivity contribution in [1.29, 1.82) is 0 Å². The molecule has 1 aromatic carbocycles. The van der Waals surface area contributed by atoms with Crippen LogP contribution in [0.4, 0.5) is 0 Å². The average molecular weight is 373 g/mol. The molecule has 0 bridgehead atoms. The largest absolute Gasteiger partial charge is 0.493 e. The van der Waals surface area contributed by atoms with Gasteiger partial charge in [-0.15, -0.1) is 11.3 Å². The molecule has 0 atom stereocenters. The highest BCUT2D eigenvalue weighted by molar-refractivity contribution is 7.15. The maximum atomic E-state index is 11.0. The Morgan fingerprint density at radius 1 is 1.19 bits per heavy atom. The maximum Gasteiger partial charge on any atom is 0.231 e. The zero-order valence-corrected chi connectivity index (χ0v) is 15.6. The molecular weight excluding hydrogens is 354 g/mol. The molecule has 1 N–H and O–H groups in total. The Morgan fingerprint density at radius 2 is 2.00 bits per heavy atom. The number of nitrogens with one attached hydrogen (secondary N) is 1. The summed E-state index contributed by atoms with van der Waals surface area (Å²) in [5, 5.41) is 6.82. The summed E-state index contributed by atoms with van der Waals surface area (Å²) in [6, 6.07) is 9.54. The molecule has 1 amide bonds. The number of benzene rings is 1. The minimum Gasteiger partial charge on any atom is -0.493 e. The van der Waals surface area contributed by atoms with Crippen LogP contribution in [0.15, 0.2) is 34.9 Å². The van der Waals surface area contributed by atoms with Crippen LogP contribution < -0.4 is 14.8 Å². The van der Waals surface area contributed by atoms with Crippen LogP contribution in [0.25, 0.3) is 10.7 Å². The van der Waals surface area contributed by atoms with Crippen molar-refractivity contribution in [3.8, 4) is 22.2 Å². The van der Waals surface area contributed by atoms with Crippen LogP contribution in [-0.4, -0.2) is 30.3 Å². The van der Waals surface area contributed by atoms with E-state index in [1.165, 1.54) is 18.3 Å². The second-order valence-corrected chi connectivity index (χ2v) is 6.72. The molecule has 0 aliphatic carbocycles. The van der Waals surface area contributed by atoms with Crippen molar-refractivity contribution in [3.63, 3.8) is 0 Å². The van der Waals surface area contributed by atoms with Crippen molar-refractivity contribution in [2.75, 3.05) is 14.2 Å². The Labute approximate surface area is 154 Å². The second kappa shape index (κ2) is 8.01. The number of hydrogen-bond donors (Lipinski definition) is 1. The summed E-state index contributed by atoms with van der Waals surface area (Å²) in [6.07, 6.45) is 0.497. The van der Waals surface area contributed by atoms with E-state index in [1.807, 2.05) is 30.3 Å². The first kappa shape index (κ1) is 17.9. The molecule has 7 nitrogen and oxygen atoms in total. The third-order valence-corrected chi connectivity index (χ3v) is 4.75. The maximum absolute atomic E-state index is 11.0. The van der Waals surface area contributed by atoms with E-state index in [4.69, 9.17) is 14.0 Å². The fourth-order valence-electron chi connectivity index (χ4n) is 2.40. The lowest BCUT2D eigenvalue weighted by Crippen LogP contribution is -2.17. The van der Waals surface area contributed by atoms with E-state index in [0.717, 1.165) is 15.3 Å². The topological polar surface area (TPSA) is 86.5 Å². The predicted molar refractivity (Wildman–Crippen MR) is 97.5 cm³/mol. The first-order valence-corrected chi connectivity index (χ1v) is 8.77. The number of nitrogens with zero attached hydrogens (tertiary/aromatic N) is 2. The Hall–Kier alpha value is -2.87. The zero-order chi connectivity index (χ0) is 18.5. The van der Waals surface area contributed by atoms with Gasteiger partial charge in [0, 0.05) is 11.8 Å². The van der Waals surface area contributed by atoms with Crippen molar-refractivity contribution in [2.24, 2.45) is 0 Å². The molecule has 0 unspecified atom stereocenters. The van der Waals surface area contributed by atoms with Crippen molar-refractivity contribution in [2.45, 2.75) is 19.9 Å². The summed E-state index contributed by atoms with van der Waals surface area (Å²) < 4.78 is 15.9. The lowest BCUT2D eigenvalue weighted by Gasteiger charge is -2.08. The Kier molecular flexibility index (Phi) is 5.52. The van der Waals surface area contributed by atoms with E-state index in [0.29, 0.717) is 36.2 Å². The molecule has 136 valence electrons. The molecule has 0 spiro atoms. The molecule has 2 heterocycles. The fraction of sp³-hybridized carbons (Fsp3) is 0.278. The van der Waals surface area contributed by atoms with Crippen molar-refractivity contribution in [3.05, 3.63) is 46.7 Å². The smallest absolute Gasteiger partial charge is 0.231 e. The number of hydrogen-bond acceptors (Lipinski definition) is 7. The van der Waals surface area contributed by atoms with Crippen LogP contribution in [0.3, 0.4) is 0 Å². The Bertz CT molecular complexity index is 903. The second-order valence-electron chi connectivity index (χ2n) is 5.55. The van der Waals surface area contributed by atoms with E-state index >= 15 is 0 Å². The summed E-state index contributed by atoms with van der Waals surface area (Å²) in [6.45, 7) is 1.99. The standard InChI is InChI=1S/C18H19N3O4S/c1-11(22)19-10-13-5-7-16(26-13)18-20-17(25-21-18)9-12-4-6-14(23-2)15(8-12)24-3/h4-8H,9-10H2,1-3H3,(H,19,22). The van der Waals surface area contributed by atoms with Gasteiger partial charge in [-0.2, -0.15) is 4.98 Å². The summed E-state index contributed by atoms with van der Waals surface area (Å²) in [7, 11) is 3.20. The highest BCUT2D eigenvalue weighted by Gasteiger charge is 2.13. The molecule has 8 heteroatoms. The van der Waals surface area contributed by atoms with E-state index in [1.54, 1.807) is 14.2 Å². The SMILES string of the molecule is COc1ccc(Cc2nc(-c3ccc(CNC(C)=O)s3)no2)cc1OC. The fourth-order valence-corrected chi connectivity index (χ4v) is 3.27. The lowest BCUT2D eigenvalue weighted by molar-refractivity contribution is -0.119. The van der Waals surface area contributed by atoms with Gasteiger partial charge in [0.2, 0.25) is 17.6 Å². The summed E-state index contributed by atoms with van der Waals surface area (Å²) >= 11 is 1.52. The Morgan fingerprint density at radius 3 is 2.73 bits per heavy atom. The van der Waals surface area contributed by atoms with Gasteiger partial charge in [-0.25, -0.2) is 0 Å². The summed E-state index contributed by atoms with van der Waals surface area (Å²) in [5.74, 6) is 2.33. The first-order valence-electron chi connectivity index (χ1n) is 7.96. The molecule has 0 aliphatic rings. The van der Waals surface area contributed by atoms with E-state index in [2.05, 4.69) is 15.5 Å². The average Bonchev–Trinajstić information content (AvgIpc) is 3.29. The van der Waals surface area contributed by atoms with Gasteiger partial charge in [0.1, 0.15) is 0 Å². The van der Waals surface area contributed by atoms with Gasteiger partial charge < -0.3 is 19.3 Å². The van der Waals surface area contributed by atoms with Gasteiger partial charge in [-0.3, -0.25) is 4.79 Å². The number of aromatic nitrogens is 2. The molecule has 0 saturated carbocycles. The van der Waals surface area contributed by atoms with Gasteiger partial charge in [0.05, 0.1) is 32.1 Å². The van der Waals surface area contributed by atoms with Crippen LogP contribution in [0.2, 0.25) is 0 Å². The number of thiophene rings is 1. The molecule has 0 fully saturated rings. The van der Waals surface area contributed by atoms with Gasteiger partial charge >= 0.3 is 0 Å². The zero-order valence-electron chi connectivity index (χ0n) is 14.7. The van der Waals surface area contributed by atoms with Crippen LogP contribution in [0.1, 0.15) is 23.3 Å². The number of carbonyl (C=O) groups excluding carboxylic acids is 1. The summed E-state index contributed by atoms with van der Waals surface area (Å²) in [4.78, 5) is 17.4. The van der Waals surface area contributed by atoms with Crippen molar-refractivity contribution in [1.82, 2.24) is 15.5 Å². The van der Waals surface area contributed by atoms with E-state index in [9.17, 15) is 4.79 Å². The van der Waals surface area contributed by atoms with Gasteiger partial charge in [0.15, 0.2) is 11.5 Å².